The van der Waals surface area contributed by atoms with Crippen LogP contribution in [-0.4, -0.2) is 23.2 Å². The quantitative estimate of drug-likeness (QED) is 0.800. The van der Waals surface area contributed by atoms with Gasteiger partial charge in [-0.2, -0.15) is 13.2 Å². The van der Waals surface area contributed by atoms with Gasteiger partial charge in [-0.05, 0) is 5.56 Å². The molecule has 0 radical (unpaired) electrons. The summed E-state index contributed by atoms with van der Waals surface area (Å²) in [6.45, 7) is 0. The van der Waals surface area contributed by atoms with Crippen LogP contribution in [0.15, 0.2) is 24.3 Å². The molecule has 18 heavy (non-hydrogen) atoms. The molecule has 1 aliphatic carbocycles. The third kappa shape index (κ3) is 2.08. The van der Waals surface area contributed by atoms with Gasteiger partial charge in [-0.25, -0.2) is 0 Å². The fourth-order valence-electron chi connectivity index (χ4n) is 1.82. The molecule has 1 amide bonds. The molecule has 0 fully saturated rings. The van der Waals surface area contributed by atoms with Gasteiger partial charge in [0.25, 0.3) is 0 Å². The molecule has 0 aliphatic heterocycles. The van der Waals surface area contributed by atoms with E-state index in [4.69, 9.17) is 11.6 Å². The number of carbonyl (C=O) groups is 2. The number of nitrogens with one attached hydrogen (secondary N) is 1. The minimum absolute atomic E-state index is 0.241. The zero-order valence-electron chi connectivity index (χ0n) is 8.79. The molecule has 2 unspecified atom stereocenters. The Morgan fingerprint density at radius 1 is 1.28 bits per heavy atom. The van der Waals surface area contributed by atoms with Crippen LogP contribution in [0.25, 0.3) is 0 Å². The van der Waals surface area contributed by atoms with Crippen LogP contribution in [0.5, 0.6) is 0 Å². The fourth-order valence-corrected chi connectivity index (χ4v) is 2.14. The van der Waals surface area contributed by atoms with Crippen LogP contribution in [0, 0.1) is 0 Å². The molecule has 0 bridgehead atoms. The summed E-state index contributed by atoms with van der Waals surface area (Å²) in [6.07, 6.45) is -5.00. The van der Waals surface area contributed by atoms with E-state index in [0.29, 0.717) is 5.56 Å². The zero-order valence-corrected chi connectivity index (χ0v) is 9.55. The summed E-state index contributed by atoms with van der Waals surface area (Å²) in [5, 5.41) is 0.524. The van der Waals surface area contributed by atoms with Crippen LogP contribution in [0.4, 0.5) is 13.2 Å². The van der Waals surface area contributed by atoms with Crippen molar-refractivity contribution in [2.45, 2.75) is 17.6 Å². The number of ketones is 1. The van der Waals surface area contributed by atoms with Crippen molar-refractivity contribution >= 4 is 23.3 Å². The first-order valence-corrected chi connectivity index (χ1v) is 5.41. The Bertz CT molecular complexity index is 515. The topological polar surface area (TPSA) is 46.2 Å². The van der Waals surface area contributed by atoms with Crippen LogP contribution in [-0.2, 0) is 4.79 Å². The lowest BCUT2D eigenvalue weighted by atomic mass is 10.1. The Morgan fingerprint density at radius 2 is 1.89 bits per heavy atom. The lowest BCUT2D eigenvalue weighted by Gasteiger charge is -2.17. The van der Waals surface area contributed by atoms with Crippen molar-refractivity contribution in [2.75, 3.05) is 0 Å². The van der Waals surface area contributed by atoms with Crippen molar-refractivity contribution in [3.8, 4) is 0 Å². The first-order chi connectivity index (χ1) is 8.32. The Balaban J connectivity index is 2.30. The average Bonchev–Trinajstić information content (AvgIpc) is 2.54. The van der Waals surface area contributed by atoms with Gasteiger partial charge in [0.05, 0.1) is 6.04 Å². The predicted molar refractivity (Wildman–Crippen MR) is 57.4 cm³/mol. The highest BCUT2D eigenvalue weighted by Crippen LogP contribution is 2.35. The number of alkyl halides is 4. The van der Waals surface area contributed by atoms with E-state index in [0.717, 1.165) is 0 Å². The molecule has 3 nitrogen and oxygen atoms in total. The van der Waals surface area contributed by atoms with E-state index in [1.54, 1.807) is 17.4 Å². The summed E-state index contributed by atoms with van der Waals surface area (Å²) in [4.78, 5) is 22.6. The van der Waals surface area contributed by atoms with E-state index in [1.807, 2.05) is 0 Å². The highest BCUT2D eigenvalue weighted by molar-refractivity contribution is 6.36. The van der Waals surface area contributed by atoms with E-state index in [1.165, 1.54) is 12.1 Å². The molecule has 7 heteroatoms. The minimum atomic E-state index is -5.00. The van der Waals surface area contributed by atoms with Crippen molar-refractivity contribution in [2.24, 2.45) is 0 Å². The SMILES string of the molecule is O=C1c2ccccc2C(NC(=O)C(F)(F)F)C1Cl. The molecule has 2 rings (SSSR count). The van der Waals surface area contributed by atoms with Gasteiger partial charge in [-0.15, -0.1) is 11.6 Å². The average molecular weight is 278 g/mol. The second-order valence-corrected chi connectivity index (χ2v) is 4.27. The van der Waals surface area contributed by atoms with Crippen molar-refractivity contribution < 1.29 is 22.8 Å². The normalized spacial score (nSPS) is 22.8. The lowest BCUT2D eigenvalue weighted by molar-refractivity contribution is -0.174. The maximum atomic E-state index is 12.2. The van der Waals surface area contributed by atoms with Gasteiger partial charge in [-0.3, -0.25) is 9.59 Å². The molecule has 1 aromatic carbocycles. The summed E-state index contributed by atoms with van der Waals surface area (Å²) in [6, 6.07) is 4.93. The molecule has 2 atom stereocenters. The predicted octanol–water partition coefficient (Wildman–Crippen LogP) is 2.21. The number of hydrogen-bond donors (Lipinski definition) is 1. The highest BCUT2D eigenvalue weighted by Gasteiger charge is 2.45. The van der Waals surface area contributed by atoms with E-state index in [-0.39, 0.29) is 5.56 Å². The molecule has 0 saturated heterocycles. The van der Waals surface area contributed by atoms with Gasteiger partial charge in [0, 0.05) is 5.56 Å². The molecule has 0 heterocycles. The van der Waals surface area contributed by atoms with Gasteiger partial charge >= 0.3 is 12.1 Å². The molecule has 0 spiro atoms. The van der Waals surface area contributed by atoms with Gasteiger partial charge in [0.2, 0.25) is 0 Å². The van der Waals surface area contributed by atoms with Gasteiger partial charge < -0.3 is 5.32 Å². The maximum absolute atomic E-state index is 12.2. The summed E-state index contributed by atoms with van der Waals surface area (Å²) in [5.41, 5.74) is 0.546. The highest BCUT2D eigenvalue weighted by atomic mass is 35.5. The Hall–Kier alpha value is -1.56. The number of benzene rings is 1. The Labute approximate surface area is 105 Å². The maximum Gasteiger partial charge on any atom is 0.471 e. The van der Waals surface area contributed by atoms with E-state index >= 15 is 0 Å². The van der Waals surface area contributed by atoms with Crippen LogP contribution < -0.4 is 5.32 Å². The van der Waals surface area contributed by atoms with Crippen LogP contribution in [0.3, 0.4) is 0 Å². The van der Waals surface area contributed by atoms with Crippen molar-refractivity contribution in [1.82, 2.24) is 5.32 Å². The number of hydrogen-bond acceptors (Lipinski definition) is 2. The summed E-state index contributed by atoms with van der Waals surface area (Å²) in [5.74, 6) is -2.60. The van der Waals surface area contributed by atoms with E-state index in [2.05, 4.69) is 0 Å². The molecular weight excluding hydrogens is 271 g/mol. The van der Waals surface area contributed by atoms with Crippen LogP contribution in [0.2, 0.25) is 0 Å². The van der Waals surface area contributed by atoms with Crippen molar-refractivity contribution in [3.63, 3.8) is 0 Å². The third-order valence-electron chi connectivity index (χ3n) is 2.65. The molecule has 96 valence electrons. The molecule has 1 aliphatic rings. The number of fused-ring (bicyclic) bond motifs is 1. The second-order valence-electron chi connectivity index (χ2n) is 3.80. The third-order valence-corrected chi connectivity index (χ3v) is 3.10. The van der Waals surface area contributed by atoms with Gasteiger partial charge in [-0.1, -0.05) is 24.3 Å². The molecule has 1 aromatic rings. The molecule has 1 N–H and O–H groups in total. The van der Waals surface area contributed by atoms with Crippen LogP contribution >= 0.6 is 11.6 Å². The minimum Gasteiger partial charge on any atom is -0.339 e. The number of Topliss-reactive ketones (excluding diaryl/α,β-unsaturated/α-hetero) is 1. The molecule has 0 saturated carbocycles. The number of carbonyl (C=O) groups excluding carboxylic acids is 2. The number of amides is 1. The number of halogens is 4. The first-order valence-electron chi connectivity index (χ1n) is 4.97. The fraction of sp³-hybridized carbons (Fsp3) is 0.273. The first kappa shape index (κ1) is 12.9. The Kier molecular flexibility index (Phi) is 3.06. The largest absolute Gasteiger partial charge is 0.471 e. The molecule has 0 aromatic heterocycles. The van der Waals surface area contributed by atoms with E-state index in [9.17, 15) is 22.8 Å². The summed E-state index contributed by atoms with van der Waals surface area (Å²) in [7, 11) is 0. The summed E-state index contributed by atoms with van der Waals surface area (Å²) < 4.78 is 36.5. The lowest BCUT2D eigenvalue weighted by Crippen LogP contribution is -2.41. The van der Waals surface area contributed by atoms with Crippen molar-refractivity contribution in [1.29, 1.82) is 0 Å². The molecular formula is C11H7ClF3NO2. The van der Waals surface area contributed by atoms with E-state index < -0.39 is 29.3 Å². The smallest absolute Gasteiger partial charge is 0.339 e. The Morgan fingerprint density at radius 3 is 2.50 bits per heavy atom. The van der Waals surface area contributed by atoms with Gasteiger partial charge in [0.1, 0.15) is 5.38 Å². The number of rotatable bonds is 1. The standard InChI is InChI=1S/C11H7ClF3NO2/c12-7-8(16-10(18)11(13,14)15)5-3-1-2-4-6(5)9(7)17/h1-4,7-8H,(H,16,18). The zero-order chi connectivity index (χ0) is 13.5. The summed E-state index contributed by atoms with van der Waals surface area (Å²) >= 11 is 5.76. The monoisotopic (exact) mass is 277 g/mol. The van der Waals surface area contributed by atoms with Crippen molar-refractivity contribution in [3.05, 3.63) is 35.4 Å². The van der Waals surface area contributed by atoms with Crippen LogP contribution in [0.1, 0.15) is 22.0 Å². The second kappa shape index (κ2) is 4.28. The van der Waals surface area contributed by atoms with Gasteiger partial charge in [0.15, 0.2) is 5.78 Å².